The van der Waals surface area contributed by atoms with Crippen LogP contribution in [0.5, 0.6) is 0 Å². The van der Waals surface area contributed by atoms with E-state index in [2.05, 4.69) is 194 Å². The van der Waals surface area contributed by atoms with Crippen LogP contribution < -0.4 is 0 Å². The summed E-state index contributed by atoms with van der Waals surface area (Å²) in [7, 11) is 0. The molecule has 8 aromatic rings. The van der Waals surface area contributed by atoms with Gasteiger partial charge in [0.2, 0.25) is 0 Å². The first-order valence-electron chi connectivity index (χ1n) is 13.6. The number of benzene rings is 8. The van der Waals surface area contributed by atoms with E-state index in [1.54, 1.807) is 0 Å². The van der Waals surface area contributed by atoms with E-state index in [0.29, 0.717) is 0 Å². The molecule has 0 saturated heterocycles. The molecule has 0 aromatic heterocycles. The molecular formula is C40H32. The Morgan fingerprint density at radius 2 is 0.200 bits per heavy atom. The van der Waals surface area contributed by atoms with E-state index in [0.717, 1.165) is 0 Å². The van der Waals surface area contributed by atoms with Crippen LogP contribution in [0.2, 0.25) is 0 Å². The van der Waals surface area contributed by atoms with Gasteiger partial charge in [0, 0.05) is 0 Å². The van der Waals surface area contributed by atoms with Crippen molar-refractivity contribution in [1.29, 1.82) is 0 Å². The molecule has 0 aliphatic rings. The fourth-order valence-corrected chi connectivity index (χ4v) is 4.53. The van der Waals surface area contributed by atoms with Crippen molar-refractivity contribution in [3.8, 4) is 0 Å². The summed E-state index contributed by atoms with van der Waals surface area (Å²) in [5.74, 6) is 0. The number of rotatable bonds is 0. The zero-order valence-electron chi connectivity index (χ0n) is 22.5. The second-order valence-corrected chi connectivity index (χ2v) is 9.39. The summed E-state index contributed by atoms with van der Waals surface area (Å²) in [5.41, 5.74) is 0. The Labute approximate surface area is 236 Å². The largest absolute Gasteiger partial charge is 0.0616 e. The summed E-state index contributed by atoms with van der Waals surface area (Å²) < 4.78 is 0. The van der Waals surface area contributed by atoms with Gasteiger partial charge in [-0.15, -0.1) is 0 Å². The van der Waals surface area contributed by atoms with Crippen LogP contribution in [-0.2, 0) is 0 Å². The Bertz CT molecular complexity index is 1370. The van der Waals surface area contributed by atoms with Gasteiger partial charge in [0.25, 0.3) is 0 Å². The molecule has 0 unspecified atom stereocenters. The number of hydrogen-bond donors (Lipinski definition) is 0. The SMILES string of the molecule is c1ccc2ccccc2c1.c1ccc2ccccc2c1.c1ccc2ccccc2c1.c1ccc2ccccc2c1. The maximum absolute atomic E-state index is 2.12. The Kier molecular flexibility index (Phi) is 9.30. The summed E-state index contributed by atoms with van der Waals surface area (Å²) in [6.07, 6.45) is 0. The number of fused-ring (bicyclic) bond motifs is 4. The highest BCUT2D eigenvalue weighted by Crippen LogP contribution is 2.13. The maximum atomic E-state index is 2.12. The van der Waals surface area contributed by atoms with Crippen molar-refractivity contribution in [3.63, 3.8) is 0 Å². The van der Waals surface area contributed by atoms with Gasteiger partial charge in [-0.25, -0.2) is 0 Å². The predicted octanol–water partition coefficient (Wildman–Crippen LogP) is 11.4. The van der Waals surface area contributed by atoms with E-state index in [4.69, 9.17) is 0 Å². The zero-order valence-corrected chi connectivity index (χ0v) is 22.5. The highest BCUT2D eigenvalue weighted by atomic mass is 13.9. The third-order valence-corrected chi connectivity index (χ3v) is 6.63. The highest BCUT2D eigenvalue weighted by Gasteiger charge is 1.87. The van der Waals surface area contributed by atoms with Crippen LogP contribution in [0.15, 0.2) is 194 Å². The van der Waals surface area contributed by atoms with Crippen LogP contribution in [0.25, 0.3) is 43.1 Å². The van der Waals surface area contributed by atoms with Crippen LogP contribution in [0, 0.1) is 0 Å². The molecule has 0 atom stereocenters. The van der Waals surface area contributed by atoms with Gasteiger partial charge in [-0.05, 0) is 43.1 Å². The monoisotopic (exact) mass is 512 g/mol. The summed E-state index contributed by atoms with van der Waals surface area (Å²) in [6, 6.07) is 66.9. The van der Waals surface area contributed by atoms with Gasteiger partial charge in [0.15, 0.2) is 0 Å². The maximum Gasteiger partial charge on any atom is -0.0184 e. The van der Waals surface area contributed by atoms with E-state index in [-0.39, 0.29) is 0 Å². The van der Waals surface area contributed by atoms with Crippen molar-refractivity contribution in [2.45, 2.75) is 0 Å². The summed E-state index contributed by atoms with van der Waals surface area (Å²) in [5, 5.41) is 10.5. The van der Waals surface area contributed by atoms with Crippen molar-refractivity contribution in [2.24, 2.45) is 0 Å². The normalized spacial score (nSPS) is 10.0. The van der Waals surface area contributed by atoms with E-state index in [1.807, 2.05) is 0 Å². The van der Waals surface area contributed by atoms with E-state index in [9.17, 15) is 0 Å². The molecule has 0 nitrogen and oxygen atoms in total. The fourth-order valence-electron chi connectivity index (χ4n) is 4.53. The van der Waals surface area contributed by atoms with Crippen LogP contribution >= 0.6 is 0 Å². The Hall–Kier alpha value is -5.20. The minimum atomic E-state index is 1.31. The first-order valence-corrected chi connectivity index (χ1v) is 13.6. The summed E-state index contributed by atoms with van der Waals surface area (Å²) in [6.45, 7) is 0. The van der Waals surface area contributed by atoms with Gasteiger partial charge in [0.05, 0.1) is 0 Å². The molecule has 8 aromatic carbocycles. The lowest BCUT2D eigenvalue weighted by molar-refractivity contribution is 1.75. The van der Waals surface area contributed by atoms with Crippen molar-refractivity contribution >= 4 is 43.1 Å². The van der Waals surface area contributed by atoms with E-state index < -0.39 is 0 Å². The quantitative estimate of drug-likeness (QED) is 0.189. The van der Waals surface area contributed by atoms with E-state index in [1.165, 1.54) is 43.1 Å². The Morgan fingerprint density at radius 1 is 0.125 bits per heavy atom. The van der Waals surface area contributed by atoms with Gasteiger partial charge < -0.3 is 0 Å². The van der Waals surface area contributed by atoms with Gasteiger partial charge in [-0.3, -0.25) is 0 Å². The molecular weight excluding hydrogens is 480 g/mol. The van der Waals surface area contributed by atoms with Gasteiger partial charge in [-0.2, -0.15) is 0 Å². The second kappa shape index (κ2) is 14.1. The standard InChI is InChI=1S/4C10H8/c4*1-2-6-10-8-4-3-7-9(10)5-1/h4*1-8H. The molecule has 0 heterocycles. The van der Waals surface area contributed by atoms with Crippen molar-refractivity contribution < 1.29 is 0 Å². The first-order chi connectivity index (χ1) is 19.9. The molecule has 0 bridgehead atoms. The highest BCUT2D eigenvalue weighted by molar-refractivity contribution is 5.84. The molecule has 40 heavy (non-hydrogen) atoms. The van der Waals surface area contributed by atoms with E-state index >= 15 is 0 Å². The molecule has 0 fully saturated rings. The predicted molar refractivity (Wildman–Crippen MR) is 176 cm³/mol. The molecule has 0 spiro atoms. The average Bonchev–Trinajstić information content (AvgIpc) is 3.06. The number of hydrogen-bond acceptors (Lipinski definition) is 0. The van der Waals surface area contributed by atoms with Gasteiger partial charge >= 0.3 is 0 Å². The van der Waals surface area contributed by atoms with Crippen LogP contribution in [0.3, 0.4) is 0 Å². The third kappa shape index (κ3) is 7.43. The molecule has 0 heteroatoms. The third-order valence-electron chi connectivity index (χ3n) is 6.63. The summed E-state index contributed by atoms with van der Waals surface area (Å²) in [4.78, 5) is 0. The topological polar surface area (TPSA) is 0 Å². The smallest absolute Gasteiger partial charge is 0.0184 e. The molecule has 0 aliphatic carbocycles. The molecule has 0 aliphatic heterocycles. The molecule has 0 amide bonds. The minimum Gasteiger partial charge on any atom is -0.0616 e. The molecule has 0 radical (unpaired) electrons. The van der Waals surface area contributed by atoms with Crippen molar-refractivity contribution in [1.82, 2.24) is 0 Å². The summed E-state index contributed by atoms with van der Waals surface area (Å²) >= 11 is 0. The van der Waals surface area contributed by atoms with Crippen LogP contribution in [0.1, 0.15) is 0 Å². The van der Waals surface area contributed by atoms with Crippen LogP contribution in [0.4, 0.5) is 0 Å². The molecule has 192 valence electrons. The second-order valence-electron chi connectivity index (χ2n) is 9.39. The lowest BCUT2D eigenvalue weighted by atomic mass is 10.1. The Morgan fingerprint density at radius 3 is 0.275 bits per heavy atom. The average molecular weight is 513 g/mol. The van der Waals surface area contributed by atoms with Crippen LogP contribution in [-0.4, -0.2) is 0 Å². The minimum absolute atomic E-state index is 1.31. The van der Waals surface area contributed by atoms with Crippen molar-refractivity contribution in [2.75, 3.05) is 0 Å². The molecule has 0 saturated carbocycles. The first kappa shape index (κ1) is 26.4. The van der Waals surface area contributed by atoms with Gasteiger partial charge in [-0.1, -0.05) is 194 Å². The lowest BCUT2D eigenvalue weighted by Gasteiger charge is -1.92. The fraction of sp³-hybridized carbons (Fsp3) is 0. The van der Waals surface area contributed by atoms with Crippen molar-refractivity contribution in [3.05, 3.63) is 194 Å². The Balaban J connectivity index is 0.000000108. The zero-order chi connectivity index (χ0) is 27.2. The lowest BCUT2D eigenvalue weighted by Crippen LogP contribution is -1.67. The molecule has 0 N–H and O–H groups in total. The van der Waals surface area contributed by atoms with Gasteiger partial charge in [0.1, 0.15) is 0 Å². The molecule has 8 rings (SSSR count).